The predicted octanol–water partition coefficient (Wildman–Crippen LogP) is 6.19. The number of hydrazine groups is 1. The Morgan fingerprint density at radius 3 is 2.03 bits per heavy atom. The molecule has 3 N–H and O–H groups in total. The molecule has 0 aliphatic rings. The van der Waals surface area contributed by atoms with Crippen molar-refractivity contribution in [2.45, 2.75) is 26.2 Å². The van der Waals surface area contributed by atoms with Gasteiger partial charge >= 0.3 is 0 Å². The highest BCUT2D eigenvalue weighted by Crippen LogP contribution is 2.37. The normalized spacial score (nSPS) is 11.2. The highest BCUT2D eigenvalue weighted by atomic mass is 35.5. The highest BCUT2D eigenvalue weighted by Gasteiger charge is 2.19. The molecule has 4 rings (SSSR count). The minimum atomic E-state index is -0.528. The molecule has 4 aromatic rings. The lowest BCUT2D eigenvalue weighted by molar-refractivity contribution is 0.0849. The van der Waals surface area contributed by atoms with E-state index in [1.54, 1.807) is 61.7 Å². The van der Waals surface area contributed by atoms with Gasteiger partial charge in [-0.2, -0.15) is 0 Å². The zero-order chi connectivity index (χ0) is 26.7. The third-order valence-electron chi connectivity index (χ3n) is 5.75. The number of benzene rings is 3. The van der Waals surface area contributed by atoms with E-state index in [9.17, 15) is 14.4 Å². The van der Waals surface area contributed by atoms with Gasteiger partial charge in [0.15, 0.2) is 0 Å². The standard InChI is InChI=1S/C28H26ClN3O4S/c1-28(2,3)18-9-5-16(6-10-18)25(33)30-19-11-7-17(8-12-19)26(34)31-32-27(35)24-23(29)21-14-13-20(36-4)15-22(21)37-24/h5-15H,1-4H3,(H,30,33)(H,31,34)(H,32,35). The van der Waals surface area contributed by atoms with Crippen LogP contribution in [0.2, 0.25) is 5.02 Å². The number of halogens is 1. The van der Waals surface area contributed by atoms with E-state index in [1.807, 2.05) is 12.1 Å². The second-order valence-corrected chi connectivity index (χ2v) is 10.8. The van der Waals surface area contributed by atoms with E-state index in [1.165, 1.54) is 11.3 Å². The summed E-state index contributed by atoms with van der Waals surface area (Å²) >= 11 is 7.57. The lowest BCUT2D eigenvalue weighted by Gasteiger charge is -2.19. The van der Waals surface area contributed by atoms with Crippen LogP contribution in [0.5, 0.6) is 5.75 Å². The van der Waals surface area contributed by atoms with Crippen LogP contribution in [0.4, 0.5) is 5.69 Å². The Bertz CT molecular complexity index is 1470. The van der Waals surface area contributed by atoms with E-state index < -0.39 is 11.8 Å². The number of nitrogens with one attached hydrogen (secondary N) is 3. The van der Waals surface area contributed by atoms with Gasteiger partial charge in [0.25, 0.3) is 17.7 Å². The van der Waals surface area contributed by atoms with Gasteiger partial charge in [-0.15, -0.1) is 11.3 Å². The number of fused-ring (bicyclic) bond motifs is 1. The Hall–Kier alpha value is -3.88. The monoisotopic (exact) mass is 535 g/mol. The second kappa shape index (κ2) is 10.6. The minimum absolute atomic E-state index is 0.00313. The molecule has 7 nitrogen and oxygen atoms in total. The molecule has 0 bridgehead atoms. The van der Waals surface area contributed by atoms with Gasteiger partial charge in [0.1, 0.15) is 10.6 Å². The van der Waals surface area contributed by atoms with Crippen molar-refractivity contribution in [3.63, 3.8) is 0 Å². The van der Waals surface area contributed by atoms with Gasteiger partial charge in [0.2, 0.25) is 0 Å². The smallest absolute Gasteiger partial charge is 0.281 e. The summed E-state index contributed by atoms with van der Waals surface area (Å²) in [6.45, 7) is 6.34. The van der Waals surface area contributed by atoms with Crippen molar-refractivity contribution in [3.8, 4) is 5.75 Å². The number of amides is 3. The zero-order valence-electron chi connectivity index (χ0n) is 20.8. The van der Waals surface area contributed by atoms with Crippen molar-refractivity contribution in [2.75, 3.05) is 12.4 Å². The first-order valence-electron chi connectivity index (χ1n) is 11.5. The summed E-state index contributed by atoms with van der Waals surface area (Å²) in [6.07, 6.45) is 0. The van der Waals surface area contributed by atoms with Crippen LogP contribution >= 0.6 is 22.9 Å². The molecule has 0 fully saturated rings. The summed E-state index contributed by atoms with van der Waals surface area (Å²) in [4.78, 5) is 38.0. The SMILES string of the molecule is COc1ccc2c(Cl)c(C(=O)NNC(=O)c3ccc(NC(=O)c4ccc(C(C)(C)C)cc4)cc3)sc2c1. The average Bonchev–Trinajstić information content (AvgIpc) is 3.22. The van der Waals surface area contributed by atoms with Crippen molar-refractivity contribution in [3.05, 3.63) is 93.3 Å². The van der Waals surface area contributed by atoms with Gasteiger partial charge in [-0.3, -0.25) is 25.2 Å². The molecule has 0 aliphatic heterocycles. The predicted molar refractivity (Wildman–Crippen MR) is 148 cm³/mol. The Morgan fingerprint density at radius 2 is 1.41 bits per heavy atom. The highest BCUT2D eigenvalue weighted by molar-refractivity contribution is 7.21. The van der Waals surface area contributed by atoms with Gasteiger partial charge in [0.05, 0.1) is 12.1 Å². The summed E-state index contributed by atoms with van der Waals surface area (Å²) in [5.74, 6) is -0.630. The van der Waals surface area contributed by atoms with E-state index >= 15 is 0 Å². The molecule has 0 unspecified atom stereocenters. The molecule has 190 valence electrons. The van der Waals surface area contributed by atoms with E-state index in [4.69, 9.17) is 16.3 Å². The van der Waals surface area contributed by atoms with Crippen LogP contribution < -0.4 is 20.9 Å². The second-order valence-electron chi connectivity index (χ2n) is 9.37. The largest absolute Gasteiger partial charge is 0.497 e. The third-order valence-corrected chi connectivity index (χ3v) is 7.41. The Morgan fingerprint density at radius 1 is 0.811 bits per heavy atom. The van der Waals surface area contributed by atoms with Crippen LogP contribution in [-0.4, -0.2) is 24.8 Å². The van der Waals surface area contributed by atoms with Crippen molar-refractivity contribution in [2.24, 2.45) is 0 Å². The number of carbonyl (C=O) groups is 3. The number of hydrogen-bond donors (Lipinski definition) is 3. The number of ether oxygens (including phenoxy) is 1. The van der Waals surface area contributed by atoms with Crippen LogP contribution in [0, 0.1) is 0 Å². The van der Waals surface area contributed by atoms with Gasteiger partial charge in [0, 0.05) is 26.9 Å². The number of methoxy groups -OCH3 is 1. The molecule has 0 saturated carbocycles. The van der Waals surface area contributed by atoms with Crippen molar-refractivity contribution >= 4 is 56.4 Å². The summed E-state index contributed by atoms with van der Waals surface area (Å²) in [5, 5.41) is 3.86. The molecule has 0 radical (unpaired) electrons. The van der Waals surface area contributed by atoms with Crippen molar-refractivity contribution in [1.29, 1.82) is 0 Å². The molecule has 9 heteroatoms. The van der Waals surface area contributed by atoms with Gasteiger partial charge < -0.3 is 10.1 Å². The number of hydrogen-bond acceptors (Lipinski definition) is 5. The molecule has 1 heterocycles. The first kappa shape index (κ1) is 26.2. The molecule has 3 amide bonds. The third kappa shape index (κ3) is 5.93. The number of rotatable bonds is 5. The van der Waals surface area contributed by atoms with Gasteiger partial charge in [-0.1, -0.05) is 44.5 Å². The maximum Gasteiger partial charge on any atom is 0.281 e. The average molecular weight is 536 g/mol. The van der Waals surface area contributed by atoms with Crippen LogP contribution in [0.1, 0.15) is 56.7 Å². The summed E-state index contributed by atoms with van der Waals surface area (Å²) in [7, 11) is 1.56. The maximum absolute atomic E-state index is 12.6. The molecule has 0 aliphatic carbocycles. The Kier molecular flexibility index (Phi) is 7.52. The zero-order valence-corrected chi connectivity index (χ0v) is 22.3. The molecule has 0 saturated heterocycles. The topological polar surface area (TPSA) is 96.5 Å². The van der Waals surface area contributed by atoms with E-state index in [2.05, 4.69) is 36.9 Å². The van der Waals surface area contributed by atoms with Gasteiger partial charge in [-0.25, -0.2) is 0 Å². The van der Waals surface area contributed by atoms with Crippen LogP contribution in [0.3, 0.4) is 0 Å². The lowest BCUT2D eigenvalue weighted by Crippen LogP contribution is -2.41. The maximum atomic E-state index is 12.6. The minimum Gasteiger partial charge on any atom is -0.497 e. The van der Waals surface area contributed by atoms with Crippen LogP contribution in [0.15, 0.2) is 66.7 Å². The molecule has 0 atom stereocenters. The summed E-state index contributed by atoms with van der Waals surface area (Å²) in [5.41, 5.74) is 7.32. The Balaban J connectivity index is 1.35. The fourth-order valence-electron chi connectivity index (χ4n) is 3.59. The van der Waals surface area contributed by atoms with Crippen LogP contribution in [-0.2, 0) is 5.41 Å². The quantitative estimate of drug-likeness (QED) is 0.265. The van der Waals surface area contributed by atoms with E-state index in [0.717, 1.165) is 15.6 Å². The molecule has 1 aromatic heterocycles. The number of anilines is 1. The van der Waals surface area contributed by atoms with E-state index in [-0.39, 0.29) is 16.2 Å². The van der Waals surface area contributed by atoms with E-state index in [0.29, 0.717) is 27.6 Å². The summed E-state index contributed by atoms with van der Waals surface area (Å²) in [6, 6.07) is 19.2. The molecular weight excluding hydrogens is 510 g/mol. The Labute approximate surface area is 223 Å². The molecule has 37 heavy (non-hydrogen) atoms. The molecular formula is C28H26ClN3O4S. The molecule has 0 spiro atoms. The van der Waals surface area contributed by atoms with Crippen molar-refractivity contribution < 1.29 is 19.1 Å². The fourth-order valence-corrected chi connectivity index (χ4v) is 5.03. The lowest BCUT2D eigenvalue weighted by atomic mass is 9.87. The number of thiophene rings is 1. The van der Waals surface area contributed by atoms with Gasteiger partial charge in [-0.05, 0) is 65.6 Å². The molecule has 3 aromatic carbocycles. The van der Waals surface area contributed by atoms with Crippen LogP contribution in [0.25, 0.3) is 10.1 Å². The van der Waals surface area contributed by atoms with Crippen molar-refractivity contribution in [1.82, 2.24) is 10.9 Å². The fraction of sp³-hybridized carbons (Fsp3) is 0.179. The first-order chi connectivity index (χ1) is 17.6. The number of carbonyl (C=O) groups excluding carboxylic acids is 3. The first-order valence-corrected chi connectivity index (χ1v) is 12.6. The summed E-state index contributed by atoms with van der Waals surface area (Å²) < 4.78 is 6.00.